The Bertz CT molecular complexity index is 218. The highest BCUT2D eigenvalue weighted by atomic mass is 14.8. The summed E-state index contributed by atoms with van der Waals surface area (Å²) in [5.41, 5.74) is 2.77. The minimum atomic E-state index is 0.989. The average Bonchev–Trinajstić information content (AvgIpc) is 2.03. The van der Waals surface area contributed by atoms with Crippen LogP contribution in [0.4, 0.5) is 0 Å². The standard InChI is InChI=1S/C10H15N/c1-3-11-8-10-7-5-4-6-9(10)2/h4-7,11H,3,8H2,1-2H3. The van der Waals surface area contributed by atoms with Crippen molar-refractivity contribution in [2.24, 2.45) is 0 Å². The van der Waals surface area contributed by atoms with Crippen LogP contribution in [0.2, 0.25) is 0 Å². The second-order valence-corrected chi connectivity index (χ2v) is 2.71. The highest BCUT2D eigenvalue weighted by Crippen LogP contribution is 2.05. The van der Waals surface area contributed by atoms with Crippen molar-refractivity contribution in [3.05, 3.63) is 35.4 Å². The summed E-state index contributed by atoms with van der Waals surface area (Å²) < 4.78 is 0. The fourth-order valence-electron chi connectivity index (χ4n) is 1.07. The molecule has 0 radical (unpaired) electrons. The molecule has 1 heteroatoms. The SMILES string of the molecule is CCNCc1ccccc1C. The Kier molecular flexibility index (Phi) is 3.12. The number of rotatable bonds is 3. The van der Waals surface area contributed by atoms with Gasteiger partial charge < -0.3 is 5.32 Å². The van der Waals surface area contributed by atoms with Gasteiger partial charge in [0.15, 0.2) is 0 Å². The summed E-state index contributed by atoms with van der Waals surface area (Å²) in [6.45, 7) is 6.29. The zero-order valence-electron chi connectivity index (χ0n) is 7.22. The van der Waals surface area contributed by atoms with Crippen molar-refractivity contribution in [3.8, 4) is 0 Å². The van der Waals surface area contributed by atoms with Crippen LogP contribution in [0.1, 0.15) is 18.1 Å². The van der Waals surface area contributed by atoms with E-state index in [1.807, 2.05) is 0 Å². The fraction of sp³-hybridized carbons (Fsp3) is 0.400. The van der Waals surface area contributed by atoms with Crippen molar-refractivity contribution in [1.82, 2.24) is 5.32 Å². The van der Waals surface area contributed by atoms with Gasteiger partial charge in [-0.3, -0.25) is 0 Å². The molecule has 1 N–H and O–H groups in total. The van der Waals surface area contributed by atoms with E-state index >= 15 is 0 Å². The lowest BCUT2D eigenvalue weighted by Crippen LogP contribution is -2.12. The van der Waals surface area contributed by atoms with Crippen LogP contribution in [-0.4, -0.2) is 6.54 Å². The first-order valence-corrected chi connectivity index (χ1v) is 4.10. The number of hydrogen-bond acceptors (Lipinski definition) is 1. The molecule has 11 heavy (non-hydrogen) atoms. The molecule has 1 nitrogen and oxygen atoms in total. The molecule has 0 spiro atoms. The highest BCUT2D eigenvalue weighted by molar-refractivity contribution is 5.25. The summed E-state index contributed by atoms with van der Waals surface area (Å²) in [6, 6.07) is 8.47. The van der Waals surface area contributed by atoms with Crippen LogP contribution in [0, 0.1) is 6.92 Å². The predicted molar refractivity (Wildman–Crippen MR) is 48.6 cm³/mol. The Morgan fingerprint density at radius 3 is 2.64 bits per heavy atom. The summed E-state index contributed by atoms with van der Waals surface area (Å²) in [5, 5.41) is 3.31. The van der Waals surface area contributed by atoms with Crippen molar-refractivity contribution in [2.45, 2.75) is 20.4 Å². The van der Waals surface area contributed by atoms with Gasteiger partial charge in [-0.05, 0) is 24.6 Å². The lowest BCUT2D eigenvalue weighted by molar-refractivity contribution is 0.723. The van der Waals surface area contributed by atoms with E-state index in [4.69, 9.17) is 0 Å². The number of hydrogen-bond donors (Lipinski definition) is 1. The van der Waals surface area contributed by atoms with Crippen LogP contribution in [0.25, 0.3) is 0 Å². The second-order valence-electron chi connectivity index (χ2n) is 2.71. The molecule has 0 fully saturated rings. The average molecular weight is 149 g/mol. The summed E-state index contributed by atoms with van der Waals surface area (Å²) in [5.74, 6) is 0. The van der Waals surface area contributed by atoms with Gasteiger partial charge in [0.1, 0.15) is 0 Å². The van der Waals surface area contributed by atoms with Crippen molar-refractivity contribution in [3.63, 3.8) is 0 Å². The zero-order valence-corrected chi connectivity index (χ0v) is 7.22. The van der Waals surface area contributed by atoms with E-state index in [2.05, 4.69) is 43.4 Å². The van der Waals surface area contributed by atoms with E-state index in [1.54, 1.807) is 0 Å². The molecule has 0 aliphatic heterocycles. The Morgan fingerprint density at radius 2 is 2.00 bits per heavy atom. The van der Waals surface area contributed by atoms with E-state index in [9.17, 15) is 0 Å². The van der Waals surface area contributed by atoms with Gasteiger partial charge in [0.25, 0.3) is 0 Å². The fourth-order valence-corrected chi connectivity index (χ4v) is 1.07. The van der Waals surface area contributed by atoms with Crippen LogP contribution in [0.15, 0.2) is 24.3 Å². The molecule has 0 heterocycles. The third kappa shape index (κ3) is 2.35. The molecule has 0 amide bonds. The molecule has 0 atom stereocenters. The molecule has 0 aliphatic carbocycles. The van der Waals surface area contributed by atoms with E-state index in [0.717, 1.165) is 13.1 Å². The van der Waals surface area contributed by atoms with E-state index in [-0.39, 0.29) is 0 Å². The quantitative estimate of drug-likeness (QED) is 0.694. The molecule has 0 saturated carbocycles. The molecule has 0 aromatic heterocycles. The van der Waals surface area contributed by atoms with Crippen LogP contribution in [0.5, 0.6) is 0 Å². The highest BCUT2D eigenvalue weighted by Gasteiger charge is 1.93. The zero-order chi connectivity index (χ0) is 8.10. The molecule has 0 unspecified atom stereocenters. The van der Waals surface area contributed by atoms with Crippen LogP contribution in [0.3, 0.4) is 0 Å². The Morgan fingerprint density at radius 1 is 1.27 bits per heavy atom. The molecule has 1 aromatic carbocycles. The van der Waals surface area contributed by atoms with Crippen LogP contribution in [-0.2, 0) is 6.54 Å². The second kappa shape index (κ2) is 4.14. The lowest BCUT2D eigenvalue weighted by Gasteiger charge is -2.04. The summed E-state index contributed by atoms with van der Waals surface area (Å²) in [6.07, 6.45) is 0. The van der Waals surface area contributed by atoms with Gasteiger partial charge in [0, 0.05) is 6.54 Å². The first kappa shape index (κ1) is 8.28. The van der Waals surface area contributed by atoms with Crippen LogP contribution < -0.4 is 5.32 Å². The summed E-state index contributed by atoms with van der Waals surface area (Å²) in [7, 11) is 0. The largest absolute Gasteiger partial charge is 0.313 e. The van der Waals surface area contributed by atoms with Gasteiger partial charge in [-0.15, -0.1) is 0 Å². The van der Waals surface area contributed by atoms with Gasteiger partial charge in [0.2, 0.25) is 0 Å². The topological polar surface area (TPSA) is 12.0 Å². The maximum absolute atomic E-state index is 3.31. The van der Waals surface area contributed by atoms with Gasteiger partial charge in [0.05, 0.1) is 0 Å². The summed E-state index contributed by atoms with van der Waals surface area (Å²) >= 11 is 0. The molecular weight excluding hydrogens is 134 g/mol. The van der Waals surface area contributed by atoms with E-state index < -0.39 is 0 Å². The molecular formula is C10H15N. The molecule has 1 rings (SSSR count). The summed E-state index contributed by atoms with van der Waals surface area (Å²) in [4.78, 5) is 0. The maximum atomic E-state index is 3.31. The first-order valence-electron chi connectivity index (χ1n) is 4.10. The third-order valence-electron chi connectivity index (χ3n) is 1.83. The van der Waals surface area contributed by atoms with E-state index in [0.29, 0.717) is 0 Å². The first-order chi connectivity index (χ1) is 5.34. The van der Waals surface area contributed by atoms with E-state index in [1.165, 1.54) is 11.1 Å². The predicted octanol–water partition coefficient (Wildman–Crippen LogP) is 2.10. The Labute approximate surface area is 68.4 Å². The van der Waals surface area contributed by atoms with Crippen molar-refractivity contribution >= 4 is 0 Å². The van der Waals surface area contributed by atoms with Crippen molar-refractivity contribution in [2.75, 3.05) is 6.54 Å². The maximum Gasteiger partial charge on any atom is 0.0208 e. The lowest BCUT2D eigenvalue weighted by atomic mass is 10.1. The van der Waals surface area contributed by atoms with Crippen molar-refractivity contribution in [1.29, 1.82) is 0 Å². The molecule has 0 saturated heterocycles. The van der Waals surface area contributed by atoms with Crippen LogP contribution >= 0.6 is 0 Å². The smallest absolute Gasteiger partial charge is 0.0208 e. The van der Waals surface area contributed by atoms with Gasteiger partial charge in [-0.2, -0.15) is 0 Å². The van der Waals surface area contributed by atoms with Crippen molar-refractivity contribution < 1.29 is 0 Å². The number of aryl methyl sites for hydroxylation is 1. The molecule has 0 aliphatic rings. The normalized spacial score (nSPS) is 10.0. The number of nitrogens with one attached hydrogen (secondary N) is 1. The van der Waals surface area contributed by atoms with Gasteiger partial charge in [-0.25, -0.2) is 0 Å². The molecule has 0 bridgehead atoms. The molecule has 60 valence electrons. The minimum absolute atomic E-state index is 0.989. The van der Waals surface area contributed by atoms with Gasteiger partial charge >= 0.3 is 0 Å². The number of benzene rings is 1. The Balaban J connectivity index is 2.62. The van der Waals surface area contributed by atoms with Gasteiger partial charge in [-0.1, -0.05) is 31.2 Å². The Hall–Kier alpha value is -0.820. The monoisotopic (exact) mass is 149 g/mol. The molecule has 1 aromatic rings. The third-order valence-corrected chi connectivity index (χ3v) is 1.83. The minimum Gasteiger partial charge on any atom is -0.313 e.